The number of benzene rings is 1. The van der Waals surface area contributed by atoms with E-state index in [2.05, 4.69) is 21.2 Å². The second-order valence-corrected chi connectivity index (χ2v) is 14.0. The maximum absolute atomic E-state index is 14.8. The smallest absolute Gasteiger partial charge is 0.313 e. The van der Waals surface area contributed by atoms with Gasteiger partial charge in [0.1, 0.15) is 29.8 Å². The van der Waals surface area contributed by atoms with Crippen LogP contribution in [-0.4, -0.2) is 102 Å². The van der Waals surface area contributed by atoms with Gasteiger partial charge in [-0.25, -0.2) is 0 Å². The number of methoxy groups -OCH3 is 1. The SMILES string of the molecule is COC[C@@H]1NC(=O)CC/C=C\CN(C2CCCCC2)C(=O)[C@H]2N(CCCO)C(=O)[C@@H]3[C@@H](C(=O)O[C@H]1c1ccccc1)[C@@H]1O[C@@]32C=C1Br. The number of carbonyl (C=O) groups is 4. The standard InChI is InChI=1S/C35H44BrN3O8/c1-45-21-25-29(22-12-5-2-6-13-22)46-34(44)27-28-32(42)39(18-11-19-40)31(35(28)20-24(36)30(27)47-35)33(43)38(23-14-7-3-8-15-23)17-10-4-9-16-26(41)37-25/h2,4-6,10,12-13,20,23,25,27-31,40H,3,7-9,11,14-19,21H2,1H3,(H,37,41)/b10-4-/t25-,27+,28-,29-,30+,31+,35-/m0/s1. The average molecular weight is 715 g/mol. The molecule has 5 bridgehead atoms. The molecule has 2 saturated heterocycles. The highest BCUT2D eigenvalue weighted by Gasteiger charge is 2.75. The Morgan fingerprint density at radius 1 is 1.04 bits per heavy atom. The van der Waals surface area contributed by atoms with Crippen molar-refractivity contribution in [1.29, 1.82) is 0 Å². The van der Waals surface area contributed by atoms with Gasteiger partial charge in [-0.2, -0.15) is 0 Å². The van der Waals surface area contributed by atoms with Crippen LogP contribution in [0.4, 0.5) is 0 Å². The van der Waals surface area contributed by atoms with Crippen LogP contribution in [0.1, 0.15) is 63.0 Å². The highest BCUT2D eigenvalue weighted by Crippen LogP contribution is 2.59. The van der Waals surface area contributed by atoms with E-state index in [9.17, 15) is 24.3 Å². The molecule has 0 radical (unpaired) electrons. The molecule has 4 heterocycles. The van der Waals surface area contributed by atoms with Crippen LogP contribution >= 0.6 is 15.9 Å². The van der Waals surface area contributed by atoms with Crippen LogP contribution in [0.2, 0.25) is 0 Å². The fourth-order valence-electron chi connectivity index (χ4n) is 8.13. The van der Waals surface area contributed by atoms with E-state index < -0.39 is 47.7 Å². The predicted octanol–water partition coefficient (Wildman–Crippen LogP) is 3.17. The first-order valence-electron chi connectivity index (χ1n) is 16.8. The van der Waals surface area contributed by atoms with Crippen molar-refractivity contribution < 1.29 is 38.5 Å². The Balaban J connectivity index is 1.44. The molecule has 1 aromatic rings. The lowest BCUT2D eigenvalue weighted by Gasteiger charge is -2.40. The van der Waals surface area contributed by atoms with Crippen LogP contribution in [0.25, 0.3) is 0 Å². The highest BCUT2D eigenvalue weighted by atomic mass is 79.9. The van der Waals surface area contributed by atoms with Gasteiger partial charge in [-0.3, -0.25) is 19.2 Å². The van der Waals surface area contributed by atoms with E-state index in [-0.39, 0.29) is 56.4 Å². The first kappa shape index (κ1) is 33.8. The fraction of sp³-hybridized carbons (Fsp3) is 0.600. The molecule has 1 aliphatic carbocycles. The Kier molecular flexibility index (Phi) is 10.5. The lowest BCUT2D eigenvalue weighted by Crippen LogP contribution is -2.58. The van der Waals surface area contributed by atoms with E-state index in [1.165, 1.54) is 12.0 Å². The molecular formula is C35H44BrN3O8. The Hall–Kier alpha value is -3.06. The Bertz CT molecular complexity index is 1400. The number of ether oxygens (including phenoxy) is 3. The molecule has 7 atom stereocenters. The van der Waals surface area contributed by atoms with Crippen molar-refractivity contribution in [2.24, 2.45) is 11.8 Å². The maximum atomic E-state index is 14.8. The van der Waals surface area contributed by atoms with E-state index in [4.69, 9.17) is 14.2 Å². The first-order chi connectivity index (χ1) is 22.8. The number of nitrogens with zero attached hydrogens (tertiary/aromatic N) is 2. The monoisotopic (exact) mass is 713 g/mol. The number of rotatable bonds is 7. The molecule has 5 aliphatic rings. The molecule has 47 heavy (non-hydrogen) atoms. The molecular weight excluding hydrogens is 670 g/mol. The number of aliphatic hydroxyl groups excluding tert-OH is 1. The number of amides is 3. The minimum atomic E-state index is -1.39. The van der Waals surface area contributed by atoms with Crippen molar-refractivity contribution in [3.8, 4) is 0 Å². The van der Waals surface area contributed by atoms with Gasteiger partial charge in [0.15, 0.2) is 0 Å². The molecule has 0 unspecified atom stereocenters. The molecule has 3 fully saturated rings. The van der Waals surface area contributed by atoms with Crippen molar-refractivity contribution in [2.45, 2.75) is 87.3 Å². The van der Waals surface area contributed by atoms with E-state index in [1.54, 1.807) is 6.08 Å². The highest BCUT2D eigenvalue weighted by molar-refractivity contribution is 9.11. The van der Waals surface area contributed by atoms with Crippen LogP contribution < -0.4 is 5.32 Å². The molecule has 6 rings (SSSR count). The number of halogens is 1. The lowest BCUT2D eigenvalue weighted by atomic mass is 9.74. The van der Waals surface area contributed by atoms with Crippen LogP contribution in [0.3, 0.4) is 0 Å². The van der Waals surface area contributed by atoms with E-state index >= 15 is 0 Å². The Morgan fingerprint density at radius 2 is 1.81 bits per heavy atom. The molecule has 11 nitrogen and oxygen atoms in total. The number of allylic oxidation sites excluding steroid dienone is 1. The number of hydrogen-bond donors (Lipinski definition) is 2. The second-order valence-electron chi connectivity index (χ2n) is 13.1. The summed E-state index contributed by atoms with van der Waals surface area (Å²) in [7, 11) is 1.52. The quantitative estimate of drug-likeness (QED) is 0.325. The molecule has 4 aliphatic heterocycles. The van der Waals surface area contributed by atoms with Crippen LogP contribution in [0.5, 0.6) is 0 Å². The number of esters is 1. The minimum Gasteiger partial charge on any atom is -0.455 e. The summed E-state index contributed by atoms with van der Waals surface area (Å²) in [5.74, 6) is -3.52. The lowest BCUT2D eigenvalue weighted by molar-refractivity contribution is -0.162. The summed E-state index contributed by atoms with van der Waals surface area (Å²) in [6, 6.07) is 7.41. The molecule has 1 spiro atoms. The third kappa shape index (κ3) is 6.41. The van der Waals surface area contributed by atoms with Crippen molar-refractivity contribution in [2.75, 3.05) is 33.4 Å². The molecule has 1 saturated carbocycles. The molecule has 12 heteroatoms. The summed E-state index contributed by atoms with van der Waals surface area (Å²) in [5, 5.41) is 12.8. The third-order valence-electron chi connectivity index (χ3n) is 10.2. The van der Waals surface area contributed by atoms with Gasteiger partial charge in [-0.05, 0) is 37.3 Å². The summed E-state index contributed by atoms with van der Waals surface area (Å²) in [6.45, 7) is 0.398. The van der Waals surface area contributed by atoms with Gasteiger partial charge in [-0.1, -0.05) is 77.7 Å². The Labute approximate surface area is 283 Å². The topological polar surface area (TPSA) is 135 Å². The van der Waals surface area contributed by atoms with Gasteiger partial charge in [-0.15, -0.1) is 0 Å². The number of likely N-dealkylation sites (tertiary alicyclic amines) is 1. The summed E-state index contributed by atoms with van der Waals surface area (Å²) in [4.78, 5) is 60.2. The minimum absolute atomic E-state index is 0.00950. The van der Waals surface area contributed by atoms with Gasteiger partial charge in [0, 0.05) is 43.8 Å². The van der Waals surface area contributed by atoms with E-state index in [1.807, 2.05) is 47.4 Å². The number of cyclic esters (lactones) is 1. The zero-order valence-corrected chi connectivity index (χ0v) is 28.3. The molecule has 3 amide bonds. The molecule has 0 aromatic heterocycles. The van der Waals surface area contributed by atoms with Crippen molar-refractivity contribution in [1.82, 2.24) is 15.1 Å². The van der Waals surface area contributed by atoms with Gasteiger partial charge in [0.25, 0.3) is 0 Å². The number of carbonyl (C=O) groups excluding carboxylic acids is 4. The number of fused-ring (bicyclic) bond motifs is 2. The fourth-order valence-corrected chi connectivity index (χ4v) is 8.86. The normalized spacial score (nSPS) is 34.2. The predicted molar refractivity (Wildman–Crippen MR) is 175 cm³/mol. The average Bonchev–Trinajstić information content (AvgIpc) is 3.67. The number of hydrogen-bond acceptors (Lipinski definition) is 8. The largest absolute Gasteiger partial charge is 0.455 e. The Morgan fingerprint density at radius 3 is 2.53 bits per heavy atom. The van der Waals surface area contributed by atoms with Gasteiger partial charge in [0.2, 0.25) is 17.7 Å². The zero-order chi connectivity index (χ0) is 33.1. The first-order valence-corrected chi connectivity index (χ1v) is 17.6. The van der Waals surface area contributed by atoms with Gasteiger partial charge in [0.05, 0.1) is 18.6 Å². The third-order valence-corrected chi connectivity index (χ3v) is 10.9. The van der Waals surface area contributed by atoms with Crippen LogP contribution in [0, 0.1) is 11.8 Å². The summed E-state index contributed by atoms with van der Waals surface area (Å²) in [5.41, 5.74) is -0.725. The second kappa shape index (κ2) is 14.6. The van der Waals surface area contributed by atoms with E-state index in [0.717, 1.165) is 32.1 Å². The zero-order valence-electron chi connectivity index (χ0n) is 26.7. The van der Waals surface area contributed by atoms with Gasteiger partial charge < -0.3 is 34.4 Å². The van der Waals surface area contributed by atoms with Crippen molar-refractivity contribution >= 4 is 39.6 Å². The molecule has 1 aromatic carbocycles. The molecule has 254 valence electrons. The number of nitrogens with one attached hydrogen (secondary N) is 1. The van der Waals surface area contributed by atoms with E-state index in [0.29, 0.717) is 23.0 Å². The van der Waals surface area contributed by atoms with Gasteiger partial charge >= 0.3 is 5.97 Å². The van der Waals surface area contributed by atoms with Crippen molar-refractivity contribution in [3.63, 3.8) is 0 Å². The summed E-state index contributed by atoms with van der Waals surface area (Å²) >= 11 is 3.61. The van der Waals surface area contributed by atoms with Crippen LogP contribution in [0.15, 0.2) is 53.0 Å². The van der Waals surface area contributed by atoms with Crippen LogP contribution in [-0.2, 0) is 33.4 Å². The number of aliphatic hydroxyl groups is 1. The maximum Gasteiger partial charge on any atom is 0.313 e. The molecule has 2 N–H and O–H groups in total. The van der Waals surface area contributed by atoms with Crippen molar-refractivity contribution in [3.05, 3.63) is 58.6 Å². The summed E-state index contributed by atoms with van der Waals surface area (Å²) < 4.78 is 19.0. The summed E-state index contributed by atoms with van der Waals surface area (Å²) in [6.07, 6.45) is 9.67.